The number of nitrogens with one attached hydrogen (secondary N) is 1. The molecule has 0 saturated heterocycles. The molecule has 1 heterocycles. The van der Waals surface area contributed by atoms with Crippen molar-refractivity contribution < 1.29 is 27.8 Å². The minimum Gasteiger partial charge on any atom is -0.481 e. The fourth-order valence-electron chi connectivity index (χ4n) is 3.38. The van der Waals surface area contributed by atoms with Gasteiger partial charge in [0.25, 0.3) is 0 Å². The highest BCUT2D eigenvalue weighted by Crippen LogP contribution is 2.48. The maximum atomic E-state index is 12.5. The Morgan fingerprint density at radius 1 is 1.26 bits per heavy atom. The van der Waals surface area contributed by atoms with Crippen molar-refractivity contribution in [2.24, 2.45) is 0 Å². The van der Waals surface area contributed by atoms with Crippen molar-refractivity contribution >= 4 is 34.9 Å². The predicted molar refractivity (Wildman–Crippen MR) is 95.5 cm³/mol. The van der Waals surface area contributed by atoms with Crippen LogP contribution in [-0.4, -0.2) is 22.9 Å². The van der Waals surface area contributed by atoms with Crippen LogP contribution >= 0.6 is 23.2 Å². The van der Waals surface area contributed by atoms with Crippen molar-refractivity contribution in [2.45, 2.75) is 30.1 Å². The molecule has 144 valence electrons. The summed E-state index contributed by atoms with van der Waals surface area (Å²) < 4.78 is 41.4. The van der Waals surface area contributed by atoms with Gasteiger partial charge in [-0.25, -0.2) is 0 Å². The van der Waals surface area contributed by atoms with Crippen LogP contribution in [0.3, 0.4) is 0 Å². The van der Waals surface area contributed by atoms with Crippen molar-refractivity contribution in [3.05, 3.63) is 58.6 Å². The summed E-state index contributed by atoms with van der Waals surface area (Å²) in [6, 6.07) is 10.4. The maximum Gasteiger partial charge on any atom is 0.573 e. The van der Waals surface area contributed by atoms with Gasteiger partial charge in [0.1, 0.15) is 11.3 Å². The smallest absolute Gasteiger partial charge is 0.481 e. The molecular weight excluding hydrogens is 406 g/mol. The maximum absolute atomic E-state index is 12.5. The molecule has 1 aliphatic heterocycles. The van der Waals surface area contributed by atoms with Crippen LogP contribution in [0.25, 0.3) is 0 Å². The number of alkyl halides is 4. The van der Waals surface area contributed by atoms with Gasteiger partial charge in [0.2, 0.25) is 0 Å². The predicted octanol–water partition coefficient (Wildman–Crippen LogP) is 5.18. The molecule has 0 fully saturated rings. The summed E-state index contributed by atoms with van der Waals surface area (Å²) in [7, 11) is 0. The third kappa shape index (κ3) is 4.25. The van der Waals surface area contributed by atoms with Crippen LogP contribution in [0.4, 0.5) is 18.9 Å². The second-order valence-corrected chi connectivity index (χ2v) is 7.17. The zero-order valence-electron chi connectivity index (χ0n) is 13.7. The number of halogens is 5. The first-order valence-electron chi connectivity index (χ1n) is 7.86. The topological polar surface area (TPSA) is 58.6 Å². The Balaban J connectivity index is 2.02. The number of carbonyl (C=O) groups is 1. The summed E-state index contributed by atoms with van der Waals surface area (Å²) in [5, 5.41) is 12.9. The number of benzene rings is 2. The lowest BCUT2D eigenvalue weighted by Crippen LogP contribution is -2.39. The molecule has 0 spiro atoms. The summed E-state index contributed by atoms with van der Waals surface area (Å²) >= 11 is 12.5. The summed E-state index contributed by atoms with van der Waals surface area (Å²) in [5.74, 6) is -1.47. The van der Waals surface area contributed by atoms with Crippen LogP contribution in [0.1, 0.15) is 17.5 Å². The third-order valence-electron chi connectivity index (χ3n) is 4.40. The molecule has 2 unspecified atom stereocenters. The number of rotatable bonds is 5. The zero-order valence-corrected chi connectivity index (χ0v) is 15.2. The molecule has 9 heteroatoms. The first-order chi connectivity index (χ1) is 12.6. The number of hydrogen-bond acceptors (Lipinski definition) is 3. The van der Waals surface area contributed by atoms with E-state index in [2.05, 4.69) is 10.1 Å². The van der Waals surface area contributed by atoms with E-state index in [0.717, 1.165) is 0 Å². The van der Waals surface area contributed by atoms with Crippen LogP contribution in [-0.2, 0) is 16.6 Å². The molecule has 3 rings (SSSR count). The van der Waals surface area contributed by atoms with Gasteiger partial charge in [0.15, 0.2) is 0 Å². The van der Waals surface area contributed by atoms with E-state index in [4.69, 9.17) is 23.2 Å². The molecule has 0 radical (unpaired) electrons. The molecule has 2 aromatic rings. The van der Waals surface area contributed by atoms with E-state index in [-0.39, 0.29) is 18.6 Å². The van der Waals surface area contributed by atoms with Gasteiger partial charge in [-0.3, -0.25) is 4.79 Å². The molecule has 2 aromatic carbocycles. The zero-order chi connectivity index (χ0) is 19.8. The average Bonchev–Trinajstić information content (AvgIpc) is 2.78. The number of carboxylic acids is 1. The first-order valence-corrected chi connectivity index (χ1v) is 8.68. The number of fused-ring (bicyclic) bond motifs is 1. The summed E-state index contributed by atoms with van der Waals surface area (Å²) in [6.07, 6.45) is -5.06. The molecule has 0 amide bonds. The van der Waals surface area contributed by atoms with Crippen molar-refractivity contribution in [1.29, 1.82) is 0 Å². The van der Waals surface area contributed by atoms with Crippen molar-refractivity contribution in [1.82, 2.24) is 0 Å². The van der Waals surface area contributed by atoms with E-state index in [9.17, 15) is 23.1 Å². The highest BCUT2D eigenvalue weighted by atomic mass is 35.5. The van der Waals surface area contributed by atoms with E-state index >= 15 is 0 Å². The van der Waals surface area contributed by atoms with Crippen molar-refractivity contribution in [2.75, 3.05) is 5.32 Å². The Morgan fingerprint density at radius 3 is 2.67 bits per heavy atom. The molecule has 2 N–H and O–H groups in total. The normalized spacial score (nSPS) is 21.4. The molecule has 27 heavy (non-hydrogen) atoms. The highest BCUT2D eigenvalue weighted by molar-refractivity contribution is 6.31. The monoisotopic (exact) mass is 419 g/mol. The third-order valence-corrected chi connectivity index (χ3v) is 5.17. The van der Waals surface area contributed by atoms with Crippen LogP contribution in [0, 0.1) is 0 Å². The van der Waals surface area contributed by atoms with Gasteiger partial charge in [-0.15, -0.1) is 13.2 Å². The molecule has 0 aromatic heterocycles. The largest absolute Gasteiger partial charge is 0.573 e. The Kier molecular flexibility index (Phi) is 5.18. The van der Waals surface area contributed by atoms with Crippen molar-refractivity contribution in [3.63, 3.8) is 0 Å². The van der Waals surface area contributed by atoms with Gasteiger partial charge in [-0.2, -0.15) is 0 Å². The van der Waals surface area contributed by atoms with E-state index in [1.165, 1.54) is 18.2 Å². The van der Waals surface area contributed by atoms with Crippen LogP contribution in [0.15, 0.2) is 42.5 Å². The molecule has 0 saturated carbocycles. The highest BCUT2D eigenvalue weighted by Gasteiger charge is 2.48. The number of hydrogen-bond donors (Lipinski definition) is 2. The summed E-state index contributed by atoms with van der Waals surface area (Å²) in [4.78, 5) is 11.6. The molecular formula is C18H14Cl2F3NO3. The minimum atomic E-state index is -4.82. The van der Waals surface area contributed by atoms with Gasteiger partial charge >= 0.3 is 12.3 Å². The number of carboxylic acid groups (broad SMARTS) is 1. The summed E-state index contributed by atoms with van der Waals surface area (Å²) in [5.41, 5.74) is -0.166. The second kappa shape index (κ2) is 7.13. The second-order valence-electron chi connectivity index (χ2n) is 6.30. The fourth-order valence-corrected chi connectivity index (χ4v) is 3.95. The van der Waals surface area contributed by atoms with Crippen LogP contribution < -0.4 is 10.1 Å². The van der Waals surface area contributed by atoms with Crippen LogP contribution in [0.5, 0.6) is 5.75 Å². The number of anilines is 1. The average molecular weight is 420 g/mol. The van der Waals surface area contributed by atoms with Gasteiger partial charge in [-0.1, -0.05) is 35.3 Å². The molecule has 1 aliphatic rings. The number of ether oxygens (including phenoxy) is 1. The van der Waals surface area contributed by atoms with Crippen molar-refractivity contribution in [3.8, 4) is 5.75 Å². The minimum absolute atomic E-state index is 0.0862. The lowest BCUT2D eigenvalue weighted by molar-refractivity contribution is -0.274. The molecule has 2 atom stereocenters. The van der Waals surface area contributed by atoms with Crippen LogP contribution in [0.2, 0.25) is 5.02 Å². The lowest BCUT2D eigenvalue weighted by Gasteiger charge is -2.31. The fraction of sp³-hybridized carbons (Fsp3) is 0.278. The Morgan fingerprint density at radius 2 is 2.00 bits per heavy atom. The van der Waals surface area contributed by atoms with E-state index in [0.29, 0.717) is 21.8 Å². The first kappa shape index (κ1) is 19.6. The Hall–Kier alpha value is -2.12. The summed E-state index contributed by atoms with van der Waals surface area (Å²) in [6.45, 7) is 0. The van der Waals surface area contributed by atoms with Gasteiger partial charge in [0, 0.05) is 16.1 Å². The Labute approximate surface area is 162 Å². The Bertz CT molecular complexity index is 875. The molecule has 0 aliphatic carbocycles. The standard InChI is InChI=1S/C18H14Cl2F3NO3/c19-11-4-5-14-13(7-11)17(9-15(25)26,16(20)24-14)8-10-2-1-3-12(6-10)27-18(21,22)23/h1-7,16,24H,8-9H2,(H,25,26). The lowest BCUT2D eigenvalue weighted by atomic mass is 9.74. The SMILES string of the molecule is O=C(O)CC1(Cc2cccc(OC(F)(F)F)c2)c2cc(Cl)ccc2NC1Cl. The van der Waals surface area contributed by atoms with E-state index in [1.54, 1.807) is 24.3 Å². The van der Waals surface area contributed by atoms with E-state index in [1.807, 2.05) is 0 Å². The van der Waals surface area contributed by atoms with E-state index < -0.39 is 23.2 Å². The molecule has 4 nitrogen and oxygen atoms in total. The van der Waals surface area contributed by atoms with Gasteiger partial charge in [-0.05, 0) is 47.9 Å². The number of aliphatic carboxylic acids is 1. The molecule has 0 bridgehead atoms. The van der Waals surface area contributed by atoms with Gasteiger partial charge in [0.05, 0.1) is 6.42 Å². The quantitative estimate of drug-likeness (QED) is 0.517. The van der Waals surface area contributed by atoms with Gasteiger partial charge < -0.3 is 15.2 Å².